The number of halogens is 3. The molecule has 1 aliphatic rings. The molecule has 0 aromatic heterocycles. The smallest absolute Gasteiger partial charge is 0.336 e. The molecule has 108 valence electrons. The van der Waals surface area contributed by atoms with E-state index in [1.54, 1.807) is 12.1 Å². The van der Waals surface area contributed by atoms with Gasteiger partial charge in [-0.15, -0.1) is 0 Å². The number of hydrogen-bond acceptors (Lipinski definition) is 1. The van der Waals surface area contributed by atoms with E-state index in [4.69, 9.17) is 5.11 Å². The van der Waals surface area contributed by atoms with Crippen molar-refractivity contribution in [3.05, 3.63) is 59.4 Å². The van der Waals surface area contributed by atoms with E-state index in [0.29, 0.717) is 11.1 Å². The normalized spacial score (nSPS) is 19.3. The van der Waals surface area contributed by atoms with Crippen molar-refractivity contribution in [2.75, 3.05) is 0 Å². The SMILES string of the molecule is O=C(O)c1ccc(F)cc1-c1ccc(C2CC2(F)F)cc1. The highest BCUT2D eigenvalue weighted by molar-refractivity contribution is 5.96. The van der Waals surface area contributed by atoms with E-state index < -0.39 is 23.6 Å². The van der Waals surface area contributed by atoms with Crippen molar-refractivity contribution >= 4 is 5.97 Å². The van der Waals surface area contributed by atoms with Crippen LogP contribution >= 0.6 is 0 Å². The maximum atomic E-state index is 13.3. The summed E-state index contributed by atoms with van der Waals surface area (Å²) in [6, 6.07) is 9.57. The minimum atomic E-state index is -2.65. The molecule has 1 atom stereocenters. The molecule has 2 aromatic carbocycles. The Balaban J connectivity index is 1.98. The summed E-state index contributed by atoms with van der Waals surface area (Å²) in [5.41, 5.74) is 1.20. The zero-order valence-corrected chi connectivity index (χ0v) is 10.8. The van der Waals surface area contributed by atoms with Crippen molar-refractivity contribution in [1.82, 2.24) is 0 Å². The maximum Gasteiger partial charge on any atom is 0.336 e. The van der Waals surface area contributed by atoms with E-state index in [9.17, 15) is 18.0 Å². The lowest BCUT2D eigenvalue weighted by Gasteiger charge is -2.08. The topological polar surface area (TPSA) is 37.3 Å². The summed E-state index contributed by atoms with van der Waals surface area (Å²) in [6.07, 6.45) is -0.160. The van der Waals surface area contributed by atoms with Gasteiger partial charge in [0, 0.05) is 6.42 Å². The molecule has 5 heteroatoms. The summed E-state index contributed by atoms with van der Waals surface area (Å²) in [7, 11) is 0. The monoisotopic (exact) mass is 292 g/mol. The lowest BCUT2D eigenvalue weighted by molar-refractivity contribution is 0.0697. The fourth-order valence-corrected chi connectivity index (χ4v) is 2.41. The molecule has 0 aliphatic heterocycles. The van der Waals surface area contributed by atoms with Crippen molar-refractivity contribution in [3.63, 3.8) is 0 Å². The predicted molar refractivity (Wildman–Crippen MR) is 71.1 cm³/mol. The second kappa shape index (κ2) is 4.62. The molecular formula is C16H11F3O2. The molecule has 1 N–H and O–H groups in total. The standard InChI is InChI=1S/C16H11F3O2/c17-11-5-6-12(15(20)21)13(7-11)9-1-3-10(4-2-9)14-8-16(14,18)19/h1-7,14H,8H2,(H,20,21). The summed E-state index contributed by atoms with van der Waals surface area (Å²) in [4.78, 5) is 11.2. The Morgan fingerprint density at radius 1 is 1.14 bits per heavy atom. The van der Waals surface area contributed by atoms with Crippen LogP contribution in [0.15, 0.2) is 42.5 Å². The number of benzene rings is 2. The van der Waals surface area contributed by atoms with Gasteiger partial charge >= 0.3 is 5.97 Å². The summed E-state index contributed by atoms with van der Waals surface area (Å²) < 4.78 is 39.3. The lowest BCUT2D eigenvalue weighted by atomic mass is 9.97. The van der Waals surface area contributed by atoms with Crippen molar-refractivity contribution < 1.29 is 23.1 Å². The third-order valence-electron chi connectivity index (χ3n) is 3.66. The van der Waals surface area contributed by atoms with Crippen LogP contribution in [0.2, 0.25) is 0 Å². The van der Waals surface area contributed by atoms with E-state index in [1.807, 2.05) is 0 Å². The first-order chi connectivity index (χ1) is 9.88. The minimum absolute atomic E-state index is 0.0269. The van der Waals surface area contributed by atoms with Gasteiger partial charge in [-0.2, -0.15) is 0 Å². The molecule has 0 bridgehead atoms. The molecule has 0 saturated heterocycles. The van der Waals surface area contributed by atoms with Gasteiger partial charge in [0.15, 0.2) is 0 Å². The van der Waals surface area contributed by atoms with Crippen LogP contribution in [0.1, 0.15) is 28.3 Å². The number of aromatic carboxylic acids is 1. The second-order valence-corrected chi connectivity index (χ2v) is 5.13. The van der Waals surface area contributed by atoms with Gasteiger partial charge in [0.2, 0.25) is 0 Å². The molecule has 1 fully saturated rings. The van der Waals surface area contributed by atoms with Crippen LogP contribution in [0.4, 0.5) is 13.2 Å². The molecule has 21 heavy (non-hydrogen) atoms. The Kier molecular flexibility index (Phi) is 3.01. The summed E-state index contributed by atoms with van der Waals surface area (Å²) >= 11 is 0. The number of carboxylic acids is 1. The number of carboxylic acid groups (broad SMARTS) is 1. The highest BCUT2D eigenvalue weighted by atomic mass is 19.3. The summed E-state index contributed by atoms with van der Waals surface area (Å²) in [5, 5.41) is 9.12. The van der Waals surface area contributed by atoms with Crippen LogP contribution in [0.3, 0.4) is 0 Å². The van der Waals surface area contributed by atoms with Gasteiger partial charge in [0.05, 0.1) is 11.5 Å². The van der Waals surface area contributed by atoms with E-state index >= 15 is 0 Å². The Labute approximate surface area is 118 Å². The molecule has 1 aliphatic carbocycles. The lowest BCUT2D eigenvalue weighted by Crippen LogP contribution is -2.00. The van der Waals surface area contributed by atoms with E-state index in [1.165, 1.54) is 18.2 Å². The van der Waals surface area contributed by atoms with Gasteiger partial charge in [-0.05, 0) is 34.9 Å². The molecule has 0 spiro atoms. The van der Waals surface area contributed by atoms with Crippen molar-refractivity contribution in [1.29, 1.82) is 0 Å². The molecular weight excluding hydrogens is 281 g/mol. The summed E-state index contributed by atoms with van der Waals surface area (Å²) in [6.45, 7) is 0. The molecule has 3 rings (SSSR count). The Bertz CT molecular complexity index is 708. The van der Waals surface area contributed by atoms with E-state index in [0.717, 1.165) is 12.1 Å². The van der Waals surface area contributed by atoms with Crippen LogP contribution in [-0.2, 0) is 0 Å². The van der Waals surface area contributed by atoms with Crippen molar-refractivity contribution in [2.24, 2.45) is 0 Å². The molecule has 0 amide bonds. The third kappa shape index (κ3) is 2.51. The van der Waals surface area contributed by atoms with Crippen molar-refractivity contribution in [3.8, 4) is 11.1 Å². The van der Waals surface area contributed by atoms with Crippen LogP contribution in [0, 0.1) is 5.82 Å². The highest BCUT2D eigenvalue weighted by Gasteiger charge is 2.57. The largest absolute Gasteiger partial charge is 0.478 e. The number of alkyl halides is 2. The number of rotatable bonds is 3. The Hall–Kier alpha value is -2.30. The first-order valence-corrected chi connectivity index (χ1v) is 6.39. The third-order valence-corrected chi connectivity index (χ3v) is 3.66. The Morgan fingerprint density at radius 3 is 2.29 bits per heavy atom. The number of hydrogen-bond donors (Lipinski definition) is 1. The van der Waals surface area contributed by atoms with Gasteiger partial charge in [-0.3, -0.25) is 0 Å². The first kappa shape index (κ1) is 13.7. The van der Waals surface area contributed by atoms with Gasteiger partial charge < -0.3 is 5.11 Å². The number of carbonyl (C=O) groups is 1. The van der Waals surface area contributed by atoms with E-state index in [-0.39, 0.29) is 17.5 Å². The predicted octanol–water partition coefficient (Wildman–Crippen LogP) is 4.31. The maximum absolute atomic E-state index is 13.3. The van der Waals surface area contributed by atoms with Gasteiger partial charge in [-0.1, -0.05) is 24.3 Å². The van der Waals surface area contributed by atoms with E-state index in [2.05, 4.69) is 0 Å². The van der Waals surface area contributed by atoms with Gasteiger partial charge in [0.1, 0.15) is 5.82 Å². The Morgan fingerprint density at radius 2 is 1.76 bits per heavy atom. The molecule has 2 nitrogen and oxygen atoms in total. The van der Waals surface area contributed by atoms with Crippen LogP contribution in [0.25, 0.3) is 11.1 Å². The zero-order chi connectivity index (χ0) is 15.2. The molecule has 0 heterocycles. The fraction of sp³-hybridized carbons (Fsp3) is 0.188. The molecule has 2 aromatic rings. The quantitative estimate of drug-likeness (QED) is 0.915. The van der Waals surface area contributed by atoms with Gasteiger partial charge in [0.25, 0.3) is 5.92 Å². The summed E-state index contributed by atoms with van der Waals surface area (Å²) in [5.74, 6) is -5.12. The fourth-order valence-electron chi connectivity index (χ4n) is 2.41. The van der Waals surface area contributed by atoms with Gasteiger partial charge in [-0.25, -0.2) is 18.0 Å². The second-order valence-electron chi connectivity index (χ2n) is 5.13. The molecule has 1 saturated carbocycles. The molecule has 1 unspecified atom stereocenters. The minimum Gasteiger partial charge on any atom is -0.478 e. The van der Waals surface area contributed by atoms with Crippen LogP contribution in [-0.4, -0.2) is 17.0 Å². The zero-order valence-electron chi connectivity index (χ0n) is 10.8. The molecule has 0 radical (unpaired) electrons. The first-order valence-electron chi connectivity index (χ1n) is 6.39. The van der Waals surface area contributed by atoms with Crippen molar-refractivity contribution in [2.45, 2.75) is 18.3 Å². The van der Waals surface area contributed by atoms with Crippen LogP contribution in [0.5, 0.6) is 0 Å². The van der Waals surface area contributed by atoms with Crippen LogP contribution < -0.4 is 0 Å². The highest BCUT2D eigenvalue weighted by Crippen LogP contribution is 2.55. The average Bonchev–Trinajstić information content (AvgIpc) is 3.07. The average molecular weight is 292 g/mol.